The molecule has 0 amide bonds. The van der Waals surface area contributed by atoms with E-state index in [-0.39, 0.29) is 6.23 Å². The third-order valence-corrected chi connectivity index (χ3v) is 4.02. The molecule has 1 fully saturated rings. The molecule has 24 heavy (non-hydrogen) atoms. The van der Waals surface area contributed by atoms with Crippen molar-refractivity contribution in [1.29, 1.82) is 0 Å². The number of methoxy groups -OCH3 is 3. The van der Waals surface area contributed by atoms with Crippen LogP contribution >= 0.6 is 0 Å². The summed E-state index contributed by atoms with van der Waals surface area (Å²) in [5, 5.41) is 3.31. The first-order chi connectivity index (χ1) is 11.7. The molecule has 1 atom stereocenters. The van der Waals surface area contributed by atoms with Crippen LogP contribution in [0.1, 0.15) is 19.3 Å². The van der Waals surface area contributed by atoms with Gasteiger partial charge in [0.2, 0.25) is 5.75 Å². The summed E-state index contributed by atoms with van der Waals surface area (Å²) in [6.07, 6.45) is 6.98. The Balaban J connectivity index is 1.83. The van der Waals surface area contributed by atoms with Gasteiger partial charge in [-0.05, 0) is 19.3 Å². The third-order valence-electron chi connectivity index (χ3n) is 4.02. The van der Waals surface area contributed by atoms with Crippen LogP contribution in [0.25, 0.3) is 5.69 Å². The molecule has 1 aliphatic rings. The molecular formula is C17H23N3O4. The fraction of sp³-hybridized carbons (Fsp3) is 0.471. The third kappa shape index (κ3) is 3.41. The Hall–Kier alpha value is -2.41. The van der Waals surface area contributed by atoms with Gasteiger partial charge in [-0.2, -0.15) is 0 Å². The second kappa shape index (κ2) is 7.44. The number of hydrogen-bond acceptors (Lipinski definition) is 6. The summed E-state index contributed by atoms with van der Waals surface area (Å²) >= 11 is 0. The Labute approximate surface area is 141 Å². The maximum atomic E-state index is 5.68. The van der Waals surface area contributed by atoms with E-state index in [1.165, 1.54) is 6.42 Å². The van der Waals surface area contributed by atoms with Crippen LogP contribution < -0.4 is 19.5 Å². The minimum atomic E-state index is 0.0297. The minimum absolute atomic E-state index is 0.0297. The number of rotatable bonds is 6. The molecule has 1 N–H and O–H groups in total. The molecule has 2 aromatic rings. The number of nitrogens with one attached hydrogen (secondary N) is 1. The summed E-state index contributed by atoms with van der Waals surface area (Å²) in [6.45, 7) is 0.797. The highest BCUT2D eigenvalue weighted by atomic mass is 16.5. The van der Waals surface area contributed by atoms with E-state index in [0.29, 0.717) is 17.2 Å². The fourth-order valence-electron chi connectivity index (χ4n) is 2.77. The lowest BCUT2D eigenvalue weighted by Crippen LogP contribution is -2.27. The molecule has 1 saturated heterocycles. The number of hydrogen-bond donors (Lipinski definition) is 1. The lowest BCUT2D eigenvalue weighted by molar-refractivity contribution is 0.0341. The van der Waals surface area contributed by atoms with Crippen LogP contribution in [0.3, 0.4) is 0 Å². The van der Waals surface area contributed by atoms with Crippen molar-refractivity contribution >= 4 is 5.82 Å². The zero-order chi connectivity index (χ0) is 16.9. The van der Waals surface area contributed by atoms with E-state index in [1.807, 2.05) is 22.9 Å². The summed E-state index contributed by atoms with van der Waals surface area (Å²) in [6, 6.07) is 3.76. The normalized spacial score (nSPS) is 17.4. The standard InChI is InChI=1S/C17H23N3O4/c1-21-13-8-12(9-14(22-2)17(13)23-3)20-10-15(18-11-20)19-16-6-4-5-7-24-16/h8-11,16,19H,4-7H2,1-3H3/t16-/m0/s1. The van der Waals surface area contributed by atoms with Gasteiger partial charge in [-0.1, -0.05) is 0 Å². The van der Waals surface area contributed by atoms with Gasteiger partial charge in [0, 0.05) is 18.7 Å². The number of aromatic nitrogens is 2. The van der Waals surface area contributed by atoms with Crippen molar-refractivity contribution in [2.45, 2.75) is 25.5 Å². The molecule has 0 unspecified atom stereocenters. The summed E-state index contributed by atoms with van der Waals surface area (Å²) < 4.78 is 23.7. The Bertz CT molecular complexity index is 655. The zero-order valence-electron chi connectivity index (χ0n) is 14.2. The smallest absolute Gasteiger partial charge is 0.203 e. The van der Waals surface area contributed by atoms with Gasteiger partial charge in [-0.15, -0.1) is 0 Å². The van der Waals surface area contributed by atoms with Crippen molar-refractivity contribution in [3.8, 4) is 22.9 Å². The van der Waals surface area contributed by atoms with Gasteiger partial charge in [-0.3, -0.25) is 0 Å². The van der Waals surface area contributed by atoms with Gasteiger partial charge in [0.1, 0.15) is 18.4 Å². The van der Waals surface area contributed by atoms with Crippen molar-refractivity contribution < 1.29 is 18.9 Å². The molecule has 7 nitrogen and oxygen atoms in total. The molecule has 1 aliphatic heterocycles. The first-order valence-corrected chi connectivity index (χ1v) is 7.97. The summed E-state index contributed by atoms with van der Waals surface area (Å²) in [4.78, 5) is 4.40. The lowest BCUT2D eigenvalue weighted by Gasteiger charge is -2.23. The molecule has 3 rings (SSSR count). The summed E-state index contributed by atoms with van der Waals surface area (Å²) in [5.74, 6) is 2.55. The molecule has 2 heterocycles. The maximum absolute atomic E-state index is 5.68. The van der Waals surface area contributed by atoms with Gasteiger partial charge in [0.25, 0.3) is 0 Å². The molecule has 1 aromatic heterocycles. The van der Waals surface area contributed by atoms with E-state index >= 15 is 0 Å². The Morgan fingerprint density at radius 3 is 2.46 bits per heavy atom. The number of anilines is 1. The van der Waals surface area contributed by atoms with Gasteiger partial charge in [0.15, 0.2) is 11.5 Å². The van der Waals surface area contributed by atoms with E-state index in [1.54, 1.807) is 27.7 Å². The molecule has 0 radical (unpaired) electrons. The molecule has 7 heteroatoms. The van der Waals surface area contributed by atoms with E-state index in [0.717, 1.165) is 31.0 Å². The van der Waals surface area contributed by atoms with Crippen molar-refractivity contribution in [2.24, 2.45) is 0 Å². The lowest BCUT2D eigenvalue weighted by atomic mass is 10.2. The van der Waals surface area contributed by atoms with Crippen LogP contribution in [0.5, 0.6) is 17.2 Å². The summed E-state index contributed by atoms with van der Waals surface area (Å²) in [5.41, 5.74) is 0.870. The van der Waals surface area contributed by atoms with Crippen molar-refractivity contribution in [2.75, 3.05) is 33.3 Å². The average molecular weight is 333 g/mol. The first-order valence-electron chi connectivity index (χ1n) is 7.97. The van der Waals surface area contributed by atoms with Gasteiger partial charge in [-0.25, -0.2) is 4.98 Å². The van der Waals surface area contributed by atoms with Gasteiger partial charge >= 0.3 is 0 Å². The molecule has 0 bridgehead atoms. The van der Waals surface area contributed by atoms with Crippen LogP contribution in [0, 0.1) is 0 Å². The van der Waals surface area contributed by atoms with Crippen LogP contribution in [0.15, 0.2) is 24.7 Å². The Morgan fingerprint density at radius 2 is 1.88 bits per heavy atom. The molecule has 0 saturated carbocycles. The molecule has 0 spiro atoms. The highest BCUT2D eigenvalue weighted by molar-refractivity contribution is 5.58. The van der Waals surface area contributed by atoms with Crippen molar-refractivity contribution in [3.05, 3.63) is 24.7 Å². The second-order valence-electron chi connectivity index (χ2n) is 5.55. The minimum Gasteiger partial charge on any atom is -0.493 e. The SMILES string of the molecule is COc1cc(-n2cnc(N[C@@H]3CCCCO3)c2)cc(OC)c1OC. The molecule has 1 aromatic carbocycles. The average Bonchev–Trinajstić information content (AvgIpc) is 3.09. The topological polar surface area (TPSA) is 66.8 Å². The quantitative estimate of drug-likeness (QED) is 0.877. The fourth-order valence-corrected chi connectivity index (χ4v) is 2.77. The van der Waals surface area contributed by atoms with Gasteiger partial charge in [0.05, 0.1) is 33.2 Å². The Morgan fingerprint density at radius 1 is 1.12 bits per heavy atom. The number of imidazole rings is 1. The number of ether oxygens (including phenoxy) is 4. The van der Waals surface area contributed by atoms with E-state index in [4.69, 9.17) is 18.9 Å². The van der Waals surface area contributed by atoms with Crippen LogP contribution in [-0.2, 0) is 4.74 Å². The van der Waals surface area contributed by atoms with E-state index in [9.17, 15) is 0 Å². The second-order valence-corrected chi connectivity index (χ2v) is 5.55. The van der Waals surface area contributed by atoms with Crippen LogP contribution in [0.4, 0.5) is 5.82 Å². The largest absolute Gasteiger partial charge is 0.493 e. The van der Waals surface area contributed by atoms with Crippen molar-refractivity contribution in [1.82, 2.24) is 9.55 Å². The maximum Gasteiger partial charge on any atom is 0.203 e. The predicted octanol–water partition coefficient (Wildman–Crippen LogP) is 2.84. The Kier molecular flexibility index (Phi) is 5.10. The number of nitrogens with zero attached hydrogens (tertiary/aromatic N) is 2. The van der Waals surface area contributed by atoms with E-state index in [2.05, 4.69) is 10.3 Å². The van der Waals surface area contributed by atoms with Crippen molar-refractivity contribution in [3.63, 3.8) is 0 Å². The molecular weight excluding hydrogens is 310 g/mol. The van der Waals surface area contributed by atoms with E-state index < -0.39 is 0 Å². The van der Waals surface area contributed by atoms with Crippen LogP contribution in [0.2, 0.25) is 0 Å². The first kappa shape index (κ1) is 16.4. The highest BCUT2D eigenvalue weighted by Crippen LogP contribution is 2.39. The highest BCUT2D eigenvalue weighted by Gasteiger charge is 2.16. The van der Waals surface area contributed by atoms with Gasteiger partial charge < -0.3 is 28.8 Å². The zero-order valence-corrected chi connectivity index (χ0v) is 14.2. The monoisotopic (exact) mass is 333 g/mol. The summed E-state index contributed by atoms with van der Waals surface area (Å²) in [7, 11) is 4.79. The molecule has 130 valence electrons. The number of benzene rings is 1. The predicted molar refractivity (Wildman–Crippen MR) is 90.4 cm³/mol. The molecule has 0 aliphatic carbocycles. The van der Waals surface area contributed by atoms with Crippen LogP contribution in [-0.4, -0.2) is 43.7 Å².